The minimum Gasteiger partial charge on any atom is -0.444 e. The zero-order valence-electron chi connectivity index (χ0n) is 16.7. The second-order valence-corrected chi connectivity index (χ2v) is 8.85. The molecule has 2 N–H and O–H groups in total. The molecule has 1 amide bonds. The average Bonchev–Trinajstić information content (AvgIpc) is 3.33. The Morgan fingerprint density at radius 1 is 1.20 bits per heavy atom. The van der Waals surface area contributed by atoms with Gasteiger partial charge in [0, 0.05) is 25.2 Å². The SMILES string of the molecule is CC(C)=CCN1CCC(NC(CNC(=O)OC(C)(C)C)C2CC2)CC1. The molecule has 5 heteroatoms. The molecule has 5 nitrogen and oxygen atoms in total. The van der Waals surface area contributed by atoms with Crippen LogP contribution in [0.4, 0.5) is 4.79 Å². The normalized spacial score (nSPS) is 20.8. The Bertz CT molecular complexity index is 454. The van der Waals surface area contributed by atoms with Gasteiger partial charge in [-0.25, -0.2) is 4.79 Å². The van der Waals surface area contributed by atoms with Gasteiger partial charge < -0.3 is 15.4 Å². The molecule has 1 unspecified atom stereocenters. The van der Waals surface area contributed by atoms with Gasteiger partial charge in [-0.15, -0.1) is 0 Å². The monoisotopic (exact) mass is 351 g/mol. The van der Waals surface area contributed by atoms with Crippen LogP contribution in [0, 0.1) is 5.92 Å². The van der Waals surface area contributed by atoms with Crippen molar-refractivity contribution in [3.8, 4) is 0 Å². The molecule has 0 aromatic rings. The fourth-order valence-corrected chi connectivity index (χ4v) is 3.26. The summed E-state index contributed by atoms with van der Waals surface area (Å²) in [7, 11) is 0. The molecule has 2 aliphatic rings. The van der Waals surface area contributed by atoms with Crippen LogP contribution < -0.4 is 10.6 Å². The Kier molecular flexibility index (Phi) is 7.32. The Balaban J connectivity index is 1.71. The first-order valence-corrected chi connectivity index (χ1v) is 9.81. The van der Waals surface area contributed by atoms with Gasteiger partial charge in [-0.1, -0.05) is 11.6 Å². The molecule has 0 spiro atoms. The van der Waals surface area contributed by atoms with Crippen molar-refractivity contribution in [2.75, 3.05) is 26.2 Å². The zero-order chi connectivity index (χ0) is 18.4. The lowest BCUT2D eigenvalue weighted by molar-refractivity contribution is 0.0519. The highest BCUT2D eigenvalue weighted by atomic mass is 16.6. The molecule has 0 bridgehead atoms. The summed E-state index contributed by atoms with van der Waals surface area (Å²) in [5.41, 5.74) is 0.951. The van der Waals surface area contributed by atoms with Crippen LogP contribution in [0.15, 0.2) is 11.6 Å². The largest absolute Gasteiger partial charge is 0.444 e. The molecular weight excluding hydrogens is 314 g/mol. The van der Waals surface area contributed by atoms with Crippen molar-refractivity contribution in [1.82, 2.24) is 15.5 Å². The van der Waals surface area contributed by atoms with Gasteiger partial charge in [-0.3, -0.25) is 4.90 Å². The van der Waals surface area contributed by atoms with Crippen molar-refractivity contribution in [3.05, 3.63) is 11.6 Å². The molecule has 2 rings (SSSR count). The number of hydrogen-bond acceptors (Lipinski definition) is 4. The minimum absolute atomic E-state index is 0.309. The van der Waals surface area contributed by atoms with Crippen LogP contribution in [0.2, 0.25) is 0 Å². The number of hydrogen-bond donors (Lipinski definition) is 2. The second kappa shape index (κ2) is 9.04. The van der Waals surface area contributed by atoms with Gasteiger partial charge in [0.1, 0.15) is 5.60 Å². The fourth-order valence-electron chi connectivity index (χ4n) is 3.26. The van der Waals surface area contributed by atoms with Gasteiger partial charge in [0.25, 0.3) is 0 Å². The molecule has 0 radical (unpaired) electrons. The predicted octanol–water partition coefficient (Wildman–Crippen LogP) is 3.31. The van der Waals surface area contributed by atoms with Gasteiger partial charge in [-0.2, -0.15) is 0 Å². The third kappa shape index (κ3) is 8.23. The summed E-state index contributed by atoms with van der Waals surface area (Å²) in [6.45, 7) is 14.0. The van der Waals surface area contributed by atoms with E-state index in [1.807, 2.05) is 20.8 Å². The molecule has 144 valence electrons. The summed E-state index contributed by atoms with van der Waals surface area (Å²) in [6, 6.07) is 0.941. The van der Waals surface area contributed by atoms with Crippen LogP contribution >= 0.6 is 0 Å². The summed E-state index contributed by atoms with van der Waals surface area (Å²) in [6.07, 6.45) is 6.92. The van der Waals surface area contributed by atoms with Crippen molar-refractivity contribution in [2.45, 2.75) is 78.0 Å². The molecule has 0 aromatic carbocycles. The number of ether oxygens (including phenoxy) is 1. The standard InChI is InChI=1S/C20H37N3O2/c1-15(2)8-11-23-12-9-17(10-13-23)22-18(16-6-7-16)14-21-19(24)25-20(3,4)5/h8,16-18,22H,6-7,9-14H2,1-5H3,(H,21,24). The van der Waals surface area contributed by atoms with E-state index in [0.29, 0.717) is 24.5 Å². The maximum absolute atomic E-state index is 11.9. The number of alkyl carbamates (subject to hydrolysis) is 1. The van der Waals surface area contributed by atoms with Crippen LogP contribution in [0.1, 0.15) is 60.3 Å². The summed E-state index contributed by atoms with van der Waals surface area (Å²) >= 11 is 0. The highest BCUT2D eigenvalue weighted by molar-refractivity contribution is 5.67. The van der Waals surface area contributed by atoms with E-state index in [1.165, 1.54) is 31.3 Å². The first-order chi connectivity index (χ1) is 11.7. The fraction of sp³-hybridized carbons (Fsp3) is 0.850. The molecule has 2 fully saturated rings. The van der Waals surface area contributed by atoms with Crippen molar-refractivity contribution < 1.29 is 9.53 Å². The number of likely N-dealkylation sites (tertiary alicyclic amines) is 1. The van der Waals surface area contributed by atoms with Gasteiger partial charge >= 0.3 is 6.09 Å². The van der Waals surface area contributed by atoms with E-state index in [2.05, 4.69) is 35.5 Å². The average molecular weight is 352 g/mol. The van der Waals surface area contributed by atoms with Crippen LogP contribution in [0.5, 0.6) is 0 Å². The van der Waals surface area contributed by atoms with Crippen molar-refractivity contribution in [2.24, 2.45) is 5.92 Å². The number of carbonyl (C=O) groups is 1. The van der Waals surface area contributed by atoms with Crippen LogP contribution in [0.3, 0.4) is 0 Å². The van der Waals surface area contributed by atoms with E-state index in [1.54, 1.807) is 0 Å². The molecule has 1 aliphatic carbocycles. The van der Waals surface area contributed by atoms with Gasteiger partial charge in [0.15, 0.2) is 0 Å². The van der Waals surface area contributed by atoms with Crippen LogP contribution in [-0.4, -0.2) is 54.9 Å². The number of carbonyl (C=O) groups excluding carboxylic acids is 1. The predicted molar refractivity (Wildman–Crippen MR) is 103 cm³/mol. The highest BCUT2D eigenvalue weighted by Gasteiger charge is 2.33. The number of nitrogens with zero attached hydrogens (tertiary/aromatic N) is 1. The Labute approximate surface area is 153 Å². The zero-order valence-corrected chi connectivity index (χ0v) is 16.7. The van der Waals surface area contributed by atoms with E-state index in [0.717, 1.165) is 19.6 Å². The number of rotatable bonds is 7. The molecule has 1 aliphatic heterocycles. The van der Waals surface area contributed by atoms with E-state index >= 15 is 0 Å². The van der Waals surface area contributed by atoms with Gasteiger partial charge in [0.05, 0.1) is 0 Å². The lowest BCUT2D eigenvalue weighted by atomic mass is 10.0. The van der Waals surface area contributed by atoms with E-state index in [-0.39, 0.29) is 6.09 Å². The first kappa shape index (κ1) is 20.2. The highest BCUT2D eigenvalue weighted by Crippen LogP contribution is 2.33. The molecule has 0 aromatic heterocycles. The lowest BCUT2D eigenvalue weighted by Crippen LogP contribution is -2.51. The summed E-state index contributed by atoms with van der Waals surface area (Å²) in [4.78, 5) is 14.4. The third-order valence-corrected chi connectivity index (χ3v) is 4.85. The van der Waals surface area contributed by atoms with E-state index in [9.17, 15) is 4.79 Å². The number of piperidine rings is 1. The molecule has 1 saturated carbocycles. The first-order valence-electron chi connectivity index (χ1n) is 9.81. The van der Waals surface area contributed by atoms with Gasteiger partial charge in [0.2, 0.25) is 0 Å². The van der Waals surface area contributed by atoms with Crippen LogP contribution in [-0.2, 0) is 4.74 Å². The minimum atomic E-state index is -0.440. The van der Waals surface area contributed by atoms with Crippen molar-refractivity contribution in [1.29, 1.82) is 0 Å². The summed E-state index contributed by atoms with van der Waals surface area (Å²) in [5, 5.41) is 6.76. The summed E-state index contributed by atoms with van der Waals surface area (Å²) in [5.74, 6) is 0.707. The maximum atomic E-state index is 11.9. The summed E-state index contributed by atoms with van der Waals surface area (Å²) < 4.78 is 5.35. The van der Waals surface area contributed by atoms with E-state index in [4.69, 9.17) is 4.74 Å². The third-order valence-electron chi connectivity index (χ3n) is 4.85. The molecular formula is C20H37N3O2. The van der Waals surface area contributed by atoms with Crippen molar-refractivity contribution >= 4 is 6.09 Å². The number of allylic oxidation sites excluding steroid dienone is 1. The van der Waals surface area contributed by atoms with E-state index < -0.39 is 5.60 Å². The smallest absolute Gasteiger partial charge is 0.407 e. The molecule has 1 heterocycles. The number of nitrogens with one attached hydrogen (secondary N) is 2. The molecule has 25 heavy (non-hydrogen) atoms. The quantitative estimate of drug-likeness (QED) is 0.691. The molecule has 1 saturated heterocycles. The topological polar surface area (TPSA) is 53.6 Å². The Morgan fingerprint density at radius 3 is 2.36 bits per heavy atom. The van der Waals surface area contributed by atoms with Crippen LogP contribution in [0.25, 0.3) is 0 Å². The van der Waals surface area contributed by atoms with Crippen molar-refractivity contribution in [3.63, 3.8) is 0 Å². The second-order valence-electron chi connectivity index (χ2n) is 8.85. The number of amides is 1. The Hall–Kier alpha value is -1.07. The van der Waals surface area contributed by atoms with Gasteiger partial charge in [-0.05, 0) is 79.3 Å². The lowest BCUT2D eigenvalue weighted by Gasteiger charge is -2.34. The Morgan fingerprint density at radius 2 is 1.84 bits per heavy atom. The maximum Gasteiger partial charge on any atom is 0.407 e. The molecule has 1 atom stereocenters.